The summed E-state index contributed by atoms with van der Waals surface area (Å²) in [7, 11) is 0. The summed E-state index contributed by atoms with van der Waals surface area (Å²) in [6, 6.07) is 2.24. The summed E-state index contributed by atoms with van der Waals surface area (Å²) >= 11 is 0. The Morgan fingerprint density at radius 2 is 2.00 bits per heavy atom. The van der Waals surface area contributed by atoms with E-state index in [2.05, 4.69) is 19.2 Å². The Morgan fingerprint density at radius 1 is 1.47 bits per heavy atom. The Kier molecular flexibility index (Phi) is 3.73. The molecule has 84 valence electrons. The highest BCUT2D eigenvalue weighted by molar-refractivity contribution is 5.80. The maximum Gasteiger partial charge on any atom is 0.237 e. The summed E-state index contributed by atoms with van der Waals surface area (Å²) in [6.07, 6.45) is 4.38. The van der Waals surface area contributed by atoms with Crippen molar-refractivity contribution in [1.29, 1.82) is 5.26 Å². The molecule has 3 nitrogen and oxygen atoms in total. The van der Waals surface area contributed by atoms with Crippen molar-refractivity contribution in [2.45, 2.75) is 52.5 Å². The highest BCUT2D eigenvalue weighted by Crippen LogP contribution is 2.34. The molecule has 1 N–H and O–H groups in total. The summed E-state index contributed by atoms with van der Waals surface area (Å²) in [5, 5.41) is 11.6. The normalized spacial score (nSPS) is 22.8. The van der Waals surface area contributed by atoms with Crippen LogP contribution in [0.1, 0.15) is 46.5 Å². The number of amides is 1. The number of carbonyl (C=O) groups excluding carboxylic acids is 1. The van der Waals surface area contributed by atoms with Gasteiger partial charge >= 0.3 is 0 Å². The lowest BCUT2D eigenvalue weighted by molar-refractivity contribution is -0.124. The first-order chi connectivity index (χ1) is 6.94. The SMILES string of the molecule is CC(C#N)C(=O)NC1CCC(C)(C)CC1. The number of rotatable bonds is 2. The quantitative estimate of drug-likeness (QED) is 0.756. The van der Waals surface area contributed by atoms with Gasteiger partial charge in [-0.05, 0) is 38.0 Å². The number of carbonyl (C=O) groups is 1. The zero-order valence-corrected chi connectivity index (χ0v) is 9.84. The van der Waals surface area contributed by atoms with Crippen LogP contribution >= 0.6 is 0 Å². The van der Waals surface area contributed by atoms with Crippen LogP contribution in [-0.2, 0) is 4.79 Å². The van der Waals surface area contributed by atoms with E-state index in [9.17, 15) is 4.79 Å². The summed E-state index contributed by atoms with van der Waals surface area (Å²) in [5.74, 6) is -0.651. The molecule has 0 radical (unpaired) electrons. The van der Waals surface area contributed by atoms with Gasteiger partial charge in [-0.15, -0.1) is 0 Å². The maximum atomic E-state index is 11.5. The van der Waals surface area contributed by atoms with Crippen LogP contribution in [0.3, 0.4) is 0 Å². The van der Waals surface area contributed by atoms with Gasteiger partial charge in [-0.25, -0.2) is 0 Å². The van der Waals surface area contributed by atoms with Crippen LogP contribution in [0.25, 0.3) is 0 Å². The molecule has 1 amide bonds. The minimum absolute atomic E-state index is 0.123. The molecule has 1 rings (SSSR count). The third kappa shape index (κ3) is 3.54. The molecule has 1 saturated carbocycles. The summed E-state index contributed by atoms with van der Waals surface area (Å²) < 4.78 is 0. The predicted octanol–water partition coefficient (Wildman–Crippen LogP) is 2.23. The molecule has 1 aliphatic carbocycles. The standard InChI is InChI=1S/C12H20N2O/c1-9(8-13)11(15)14-10-4-6-12(2,3)7-5-10/h9-10H,4-7H2,1-3H3,(H,14,15). The van der Waals surface area contributed by atoms with Crippen molar-refractivity contribution in [1.82, 2.24) is 5.32 Å². The molecule has 15 heavy (non-hydrogen) atoms. The Balaban J connectivity index is 2.37. The van der Waals surface area contributed by atoms with Crippen LogP contribution in [0.15, 0.2) is 0 Å². The number of nitrogens with zero attached hydrogens (tertiary/aromatic N) is 1. The van der Waals surface area contributed by atoms with Gasteiger partial charge in [0.05, 0.1) is 6.07 Å². The molecule has 0 aromatic carbocycles. The Bertz CT molecular complexity index is 268. The molecule has 1 aliphatic rings. The second-order valence-electron chi connectivity index (χ2n) is 5.30. The molecule has 0 bridgehead atoms. The molecule has 0 saturated heterocycles. The van der Waals surface area contributed by atoms with E-state index in [0.717, 1.165) is 25.7 Å². The smallest absolute Gasteiger partial charge is 0.237 e. The number of nitrogens with one attached hydrogen (secondary N) is 1. The van der Waals surface area contributed by atoms with Crippen molar-refractivity contribution in [3.8, 4) is 6.07 Å². The molecule has 0 heterocycles. The van der Waals surface area contributed by atoms with Crippen molar-refractivity contribution in [2.24, 2.45) is 11.3 Å². The van der Waals surface area contributed by atoms with E-state index in [-0.39, 0.29) is 11.9 Å². The summed E-state index contributed by atoms with van der Waals surface area (Å²) in [6.45, 7) is 6.17. The summed E-state index contributed by atoms with van der Waals surface area (Å²) in [5.41, 5.74) is 0.419. The van der Waals surface area contributed by atoms with Gasteiger partial charge in [-0.1, -0.05) is 13.8 Å². The van der Waals surface area contributed by atoms with E-state index < -0.39 is 5.92 Å². The Morgan fingerprint density at radius 3 is 2.47 bits per heavy atom. The Hall–Kier alpha value is -1.04. The second kappa shape index (κ2) is 4.65. The van der Waals surface area contributed by atoms with Crippen LogP contribution in [0, 0.1) is 22.7 Å². The monoisotopic (exact) mass is 208 g/mol. The first-order valence-electron chi connectivity index (χ1n) is 5.64. The first-order valence-corrected chi connectivity index (χ1v) is 5.64. The van der Waals surface area contributed by atoms with E-state index in [0.29, 0.717) is 5.41 Å². The Labute approximate surface area is 91.9 Å². The van der Waals surface area contributed by atoms with Gasteiger partial charge in [-0.2, -0.15) is 5.26 Å². The van der Waals surface area contributed by atoms with Crippen molar-refractivity contribution in [3.05, 3.63) is 0 Å². The third-order valence-electron chi connectivity index (χ3n) is 3.27. The molecule has 1 fully saturated rings. The van der Waals surface area contributed by atoms with E-state index >= 15 is 0 Å². The van der Waals surface area contributed by atoms with Gasteiger partial charge in [-0.3, -0.25) is 4.79 Å². The van der Waals surface area contributed by atoms with Gasteiger partial charge in [0.1, 0.15) is 5.92 Å². The maximum absolute atomic E-state index is 11.5. The number of hydrogen-bond acceptors (Lipinski definition) is 2. The fraction of sp³-hybridized carbons (Fsp3) is 0.833. The lowest BCUT2D eigenvalue weighted by Crippen LogP contribution is -2.41. The first kappa shape index (κ1) is 12.0. The minimum atomic E-state index is -0.528. The molecule has 0 aromatic heterocycles. The molecule has 3 heteroatoms. The topological polar surface area (TPSA) is 52.9 Å². The molecule has 0 aromatic rings. The zero-order valence-electron chi connectivity index (χ0n) is 9.84. The lowest BCUT2D eigenvalue weighted by Gasteiger charge is -2.34. The molecule has 1 atom stereocenters. The highest BCUT2D eigenvalue weighted by Gasteiger charge is 2.28. The van der Waals surface area contributed by atoms with Crippen LogP contribution in [-0.4, -0.2) is 11.9 Å². The van der Waals surface area contributed by atoms with Crippen LogP contribution < -0.4 is 5.32 Å². The zero-order chi connectivity index (χ0) is 11.5. The van der Waals surface area contributed by atoms with Crippen LogP contribution in [0.2, 0.25) is 0 Å². The molecule has 0 aliphatic heterocycles. The van der Waals surface area contributed by atoms with E-state index in [1.54, 1.807) is 6.92 Å². The third-order valence-corrected chi connectivity index (χ3v) is 3.27. The number of nitriles is 1. The molecule has 1 unspecified atom stereocenters. The van der Waals surface area contributed by atoms with Crippen LogP contribution in [0.5, 0.6) is 0 Å². The van der Waals surface area contributed by atoms with Gasteiger partial charge in [0.2, 0.25) is 5.91 Å². The van der Waals surface area contributed by atoms with Crippen molar-refractivity contribution in [2.75, 3.05) is 0 Å². The number of hydrogen-bond donors (Lipinski definition) is 1. The predicted molar refractivity (Wildman–Crippen MR) is 59.0 cm³/mol. The van der Waals surface area contributed by atoms with Crippen molar-refractivity contribution < 1.29 is 4.79 Å². The van der Waals surface area contributed by atoms with Gasteiger partial charge in [0.25, 0.3) is 0 Å². The average molecular weight is 208 g/mol. The fourth-order valence-electron chi connectivity index (χ4n) is 1.93. The van der Waals surface area contributed by atoms with Crippen LogP contribution in [0.4, 0.5) is 0 Å². The summed E-state index contributed by atoms with van der Waals surface area (Å²) in [4.78, 5) is 11.5. The largest absolute Gasteiger partial charge is 0.352 e. The van der Waals surface area contributed by atoms with Gasteiger partial charge in [0.15, 0.2) is 0 Å². The molecular formula is C12H20N2O. The lowest BCUT2D eigenvalue weighted by atomic mass is 9.75. The molecular weight excluding hydrogens is 188 g/mol. The fourth-order valence-corrected chi connectivity index (χ4v) is 1.93. The van der Waals surface area contributed by atoms with E-state index in [1.807, 2.05) is 6.07 Å². The average Bonchev–Trinajstić information content (AvgIpc) is 2.20. The van der Waals surface area contributed by atoms with Gasteiger partial charge < -0.3 is 5.32 Å². The minimum Gasteiger partial charge on any atom is -0.352 e. The van der Waals surface area contributed by atoms with Crippen molar-refractivity contribution >= 4 is 5.91 Å². The molecule has 0 spiro atoms. The second-order valence-corrected chi connectivity index (χ2v) is 5.30. The van der Waals surface area contributed by atoms with Crippen molar-refractivity contribution in [3.63, 3.8) is 0 Å². The van der Waals surface area contributed by atoms with E-state index in [4.69, 9.17) is 5.26 Å². The highest BCUT2D eigenvalue weighted by atomic mass is 16.1. The van der Waals surface area contributed by atoms with E-state index in [1.165, 1.54) is 0 Å². The van der Waals surface area contributed by atoms with Gasteiger partial charge in [0, 0.05) is 6.04 Å².